The molecule has 3 rings (SSSR count). The molecule has 0 unspecified atom stereocenters. The summed E-state index contributed by atoms with van der Waals surface area (Å²) in [4.78, 5) is 37.7. The fourth-order valence-electron chi connectivity index (χ4n) is 3.04. The molecule has 0 aromatic heterocycles. The number of nitro benzene ring substituents is 1. The maximum absolute atomic E-state index is 13.2. The quantitative estimate of drug-likeness (QED) is 0.305. The van der Waals surface area contributed by atoms with Gasteiger partial charge in [-0.2, -0.15) is 0 Å². The fraction of sp³-hybridized carbons (Fsp3) is 0.100. The summed E-state index contributed by atoms with van der Waals surface area (Å²) in [5, 5.41) is 11.3. The number of nitro groups is 1. The number of nitrogens with zero attached hydrogens (tertiary/aromatic N) is 2. The number of carbonyl (C=O) groups is 2. The molecule has 1 aliphatic heterocycles. The van der Waals surface area contributed by atoms with Crippen molar-refractivity contribution in [1.82, 2.24) is 0 Å². The average Bonchev–Trinajstić information content (AvgIpc) is 2.91. The second-order valence-electron chi connectivity index (χ2n) is 5.95. The Morgan fingerprint density at radius 2 is 1.93 bits per heavy atom. The van der Waals surface area contributed by atoms with E-state index in [9.17, 15) is 19.7 Å². The Morgan fingerprint density at radius 3 is 2.57 bits per heavy atom. The highest BCUT2D eigenvalue weighted by atomic mass is 79.9. The number of benzene rings is 2. The number of esters is 1. The molecule has 8 heteroatoms. The first-order valence-corrected chi connectivity index (χ1v) is 8.99. The number of rotatable bonds is 4. The predicted molar refractivity (Wildman–Crippen MR) is 107 cm³/mol. The monoisotopic (exact) mass is 442 g/mol. The number of ether oxygens (including phenoxy) is 1. The van der Waals surface area contributed by atoms with Gasteiger partial charge >= 0.3 is 5.97 Å². The Bertz CT molecular complexity index is 1060. The summed E-state index contributed by atoms with van der Waals surface area (Å²) in [6.07, 6.45) is 1.36. The standard InChI is InChI=1S/C20H15BrN2O5/c1-12-18(20(25)28-2)16(10-13-6-3-4-9-17(13)23(26)27)19(24)22(12)15-8-5-7-14(21)11-15/h3-11H,1-2H3/b16-10-. The van der Waals surface area contributed by atoms with Gasteiger partial charge in [-0.05, 0) is 37.3 Å². The van der Waals surface area contributed by atoms with Crippen LogP contribution in [0.15, 0.2) is 69.8 Å². The van der Waals surface area contributed by atoms with Crippen molar-refractivity contribution in [3.05, 3.63) is 85.5 Å². The van der Waals surface area contributed by atoms with Gasteiger partial charge < -0.3 is 4.74 Å². The fourth-order valence-corrected chi connectivity index (χ4v) is 3.42. The molecular formula is C20H15BrN2O5. The van der Waals surface area contributed by atoms with Gasteiger partial charge in [0, 0.05) is 16.2 Å². The second kappa shape index (κ2) is 7.77. The summed E-state index contributed by atoms with van der Waals surface area (Å²) in [5.74, 6) is -1.15. The Kier molecular flexibility index (Phi) is 5.41. The van der Waals surface area contributed by atoms with Crippen molar-refractivity contribution in [2.24, 2.45) is 0 Å². The summed E-state index contributed by atoms with van der Waals surface area (Å²) in [5.41, 5.74) is 1.12. The third-order valence-electron chi connectivity index (χ3n) is 4.29. The van der Waals surface area contributed by atoms with Crippen LogP contribution in [-0.4, -0.2) is 23.9 Å². The minimum absolute atomic E-state index is 0.0404. The predicted octanol–water partition coefficient (Wildman–Crippen LogP) is 4.23. The lowest BCUT2D eigenvalue weighted by atomic mass is 10.0. The van der Waals surface area contributed by atoms with Crippen LogP contribution in [-0.2, 0) is 14.3 Å². The Balaban J connectivity index is 2.20. The Labute approximate surface area is 169 Å². The van der Waals surface area contributed by atoms with Crippen LogP contribution in [0, 0.1) is 10.1 Å². The first kappa shape index (κ1) is 19.5. The maximum Gasteiger partial charge on any atom is 0.340 e. The van der Waals surface area contributed by atoms with E-state index in [1.807, 2.05) is 6.07 Å². The van der Waals surface area contributed by atoms with Gasteiger partial charge in [-0.15, -0.1) is 0 Å². The summed E-state index contributed by atoms with van der Waals surface area (Å²) >= 11 is 3.37. The van der Waals surface area contributed by atoms with Crippen LogP contribution < -0.4 is 4.90 Å². The number of hydrogen-bond donors (Lipinski definition) is 0. The van der Waals surface area contributed by atoms with Gasteiger partial charge in [-0.3, -0.25) is 19.8 Å². The van der Waals surface area contributed by atoms with Crippen LogP contribution in [0.25, 0.3) is 6.08 Å². The number of halogens is 1. The molecule has 142 valence electrons. The van der Waals surface area contributed by atoms with E-state index >= 15 is 0 Å². The molecule has 2 aromatic carbocycles. The molecule has 0 fully saturated rings. The maximum atomic E-state index is 13.2. The van der Waals surface area contributed by atoms with Gasteiger partial charge in [0.25, 0.3) is 11.6 Å². The van der Waals surface area contributed by atoms with Gasteiger partial charge in [0.2, 0.25) is 0 Å². The third-order valence-corrected chi connectivity index (χ3v) is 4.78. The molecule has 0 radical (unpaired) electrons. The number of anilines is 1. The van der Waals surface area contributed by atoms with Crippen molar-refractivity contribution >= 4 is 45.3 Å². The molecule has 28 heavy (non-hydrogen) atoms. The van der Waals surface area contributed by atoms with Crippen LogP contribution in [0.3, 0.4) is 0 Å². The summed E-state index contributed by atoms with van der Waals surface area (Å²) in [7, 11) is 1.22. The average molecular weight is 443 g/mol. The van der Waals surface area contributed by atoms with E-state index in [2.05, 4.69) is 15.9 Å². The van der Waals surface area contributed by atoms with Crippen molar-refractivity contribution in [3.8, 4) is 0 Å². The molecule has 1 heterocycles. The number of hydrogen-bond acceptors (Lipinski definition) is 5. The molecular weight excluding hydrogens is 428 g/mol. The number of amides is 1. The number of carbonyl (C=O) groups excluding carboxylic acids is 2. The minimum Gasteiger partial charge on any atom is -0.465 e. The van der Waals surface area contributed by atoms with Gasteiger partial charge in [-0.25, -0.2) is 4.79 Å². The van der Waals surface area contributed by atoms with E-state index in [1.54, 1.807) is 31.2 Å². The van der Waals surface area contributed by atoms with E-state index in [1.165, 1.54) is 36.3 Å². The lowest BCUT2D eigenvalue weighted by Crippen LogP contribution is -2.24. The van der Waals surface area contributed by atoms with Gasteiger partial charge in [0.15, 0.2) is 0 Å². The van der Waals surface area contributed by atoms with Gasteiger partial charge in [0.1, 0.15) is 0 Å². The topological polar surface area (TPSA) is 89.8 Å². The number of methoxy groups -OCH3 is 1. The number of para-hydroxylation sites is 1. The van der Waals surface area contributed by atoms with Crippen LogP contribution in [0.4, 0.5) is 11.4 Å². The highest BCUT2D eigenvalue weighted by Crippen LogP contribution is 2.37. The summed E-state index contributed by atoms with van der Waals surface area (Å²) in [6, 6.07) is 13.1. The largest absolute Gasteiger partial charge is 0.465 e. The van der Waals surface area contributed by atoms with Crippen LogP contribution in [0.1, 0.15) is 12.5 Å². The summed E-state index contributed by atoms with van der Waals surface area (Å²) in [6.45, 7) is 1.63. The molecule has 7 nitrogen and oxygen atoms in total. The van der Waals surface area contributed by atoms with E-state index < -0.39 is 16.8 Å². The van der Waals surface area contributed by atoms with Gasteiger partial charge in [0.05, 0.1) is 34.4 Å². The lowest BCUT2D eigenvalue weighted by molar-refractivity contribution is -0.385. The molecule has 0 N–H and O–H groups in total. The van der Waals surface area contributed by atoms with Gasteiger partial charge in [-0.1, -0.05) is 34.1 Å². The zero-order valence-corrected chi connectivity index (χ0v) is 16.6. The molecule has 0 bridgehead atoms. The molecule has 0 atom stereocenters. The molecule has 0 aliphatic carbocycles. The highest BCUT2D eigenvalue weighted by Gasteiger charge is 2.38. The first-order chi connectivity index (χ1) is 13.3. The zero-order chi connectivity index (χ0) is 20.4. The zero-order valence-electron chi connectivity index (χ0n) is 15.0. The molecule has 0 saturated heterocycles. The van der Waals surface area contributed by atoms with Crippen molar-refractivity contribution in [3.63, 3.8) is 0 Å². The van der Waals surface area contributed by atoms with Crippen molar-refractivity contribution in [2.45, 2.75) is 6.92 Å². The number of allylic oxidation sites excluding steroid dienone is 1. The third kappa shape index (κ3) is 3.46. The summed E-state index contributed by atoms with van der Waals surface area (Å²) < 4.78 is 5.61. The lowest BCUT2D eigenvalue weighted by Gasteiger charge is -2.18. The van der Waals surface area contributed by atoms with E-state index in [0.717, 1.165) is 4.47 Å². The normalized spacial score (nSPS) is 15.3. The van der Waals surface area contributed by atoms with E-state index in [4.69, 9.17) is 4.74 Å². The Morgan fingerprint density at radius 1 is 1.21 bits per heavy atom. The van der Waals surface area contributed by atoms with E-state index in [-0.39, 0.29) is 22.4 Å². The molecule has 1 amide bonds. The van der Waals surface area contributed by atoms with Crippen molar-refractivity contribution in [1.29, 1.82) is 0 Å². The SMILES string of the molecule is COC(=O)C1=C(C)N(c2cccc(Br)c2)C(=O)/C1=C\c1ccccc1[N+](=O)[O-]. The highest BCUT2D eigenvalue weighted by molar-refractivity contribution is 9.10. The Hall–Kier alpha value is -3.26. The van der Waals surface area contributed by atoms with Crippen LogP contribution in [0.5, 0.6) is 0 Å². The minimum atomic E-state index is -0.687. The molecule has 2 aromatic rings. The smallest absolute Gasteiger partial charge is 0.340 e. The molecule has 0 saturated carbocycles. The van der Waals surface area contributed by atoms with E-state index in [0.29, 0.717) is 11.4 Å². The van der Waals surface area contributed by atoms with Crippen molar-refractivity contribution in [2.75, 3.05) is 12.0 Å². The first-order valence-electron chi connectivity index (χ1n) is 8.20. The van der Waals surface area contributed by atoms with Crippen LogP contribution in [0.2, 0.25) is 0 Å². The second-order valence-corrected chi connectivity index (χ2v) is 6.86. The molecule has 1 aliphatic rings. The molecule has 0 spiro atoms. The van der Waals surface area contributed by atoms with Crippen molar-refractivity contribution < 1.29 is 19.2 Å². The van der Waals surface area contributed by atoms with Crippen LogP contribution >= 0.6 is 15.9 Å².